The van der Waals surface area contributed by atoms with E-state index in [9.17, 15) is 0 Å². The van der Waals surface area contributed by atoms with Gasteiger partial charge < -0.3 is 17.2 Å². The van der Waals surface area contributed by atoms with Gasteiger partial charge in [0.1, 0.15) is 0 Å². The summed E-state index contributed by atoms with van der Waals surface area (Å²) in [5, 5.41) is 3.83. The minimum absolute atomic E-state index is 0.662. The molecule has 0 unspecified atom stereocenters. The Kier molecular flexibility index (Phi) is 2.05. The number of hydrogen-bond donors (Lipinski definition) is 3. The van der Waals surface area contributed by atoms with Crippen LogP contribution in [0.1, 0.15) is 0 Å². The number of anilines is 3. The third-order valence-electron chi connectivity index (χ3n) is 2.09. The van der Waals surface area contributed by atoms with Crippen LogP contribution in [0.2, 0.25) is 0 Å². The Balaban J connectivity index is 2.68. The van der Waals surface area contributed by atoms with Crippen LogP contribution in [0.3, 0.4) is 0 Å². The SMILES string of the molecule is Nc1cscc1-c1c(N)cccc1N. The number of rotatable bonds is 1. The average Bonchev–Trinajstić information content (AvgIpc) is 2.52. The van der Waals surface area contributed by atoms with E-state index in [0.717, 1.165) is 16.8 Å². The van der Waals surface area contributed by atoms with E-state index in [0.29, 0.717) is 11.4 Å². The molecular formula is C10H11N3S. The maximum atomic E-state index is 5.85. The zero-order valence-electron chi connectivity index (χ0n) is 7.53. The summed E-state index contributed by atoms with van der Waals surface area (Å²) in [4.78, 5) is 0. The molecule has 0 saturated heterocycles. The quantitative estimate of drug-likeness (QED) is 0.624. The first kappa shape index (κ1) is 8.90. The van der Waals surface area contributed by atoms with E-state index in [1.807, 2.05) is 29.0 Å². The van der Waals surface area contributed by atoms with Crippen molar-refractivity contribution in [3.8, 4) is 11.1 Å². The monoisotopic (exact) mass is 205 g/mol. The van der Waals surface area contributed by atoms with E-state index in [1.54, 1.807) is 11.3 Å². The van der Waals surface area contributed by atoms with Gasteiger partial charge in [-0.1, -0.05) is 6.07 Å². The molecule has 0 aliphatic heterocycles. The molecule has 1 heterocycles. The van der Waals surface area contributed by atoms with Crippen LogP contribution < -0.4 is 17.2 Å². The predicted octanol–water partition coefficient (Wildman–Crippen LogP) is 2.16. The highest BCUT2D eigenvalue weighted by Crippen LogP contribution is 2.37. The highest BCUT2D eigenvalue weighted by atomic mass is 32.1. The van der Waals surface area contributed by atoms with Crippen LogP contribution in [-0.2, 0) is 0 Å². The Morgan fingerprint density at radius 2 is 1.50 bits per heavy atom. The Hall–Kier alpha value is -1.68. The second kappa shape index (κ2) is 3.23. The van der Waals surface area contributed by atoms with Crippen molar-refractivity contribution in [2.45, 2.75) is 0 Å². The van der Waals surface area contributed by atoms with Crippen LogP contribution in [-0.4, -0.2) is 0 Å². The number of nitrogens with two attached hydrogens (primary N) is 3. The molecule has 0 amide bonds. The van der Waals surface area contributed by atoms with Gasteiger partial charge in [-0.25, -0.2) is 0 Å². The van der Waals surface area contributed by atoms with Crippen molar-refractivity contribution in [1.82, 2.24) is 0 Å². The average molecular weight is 205 g/mol. The van der Waals surface area contributed by atoms with Gasteiger partial charge in [0.05, 0.1) is 5.69 Å². The van der Waals surface area contributed by atoms with Crippen molar-refractivity contribution in [1.29, 1.82) is 0 Å². The van der Waals surface area contributed by atoms with Gasteiger partial charge in [-0.15, -0.1) is 11.3 Å². The molecule has 0 aliphatic carbocycles. The molecule has 4 heteroatoms. The predicted molar refractivity (Wildman–Crippen MR) is 63.0 cm³/mol. The molecule has 2 rings (SSSR count). The summed E-state index contributed by atoms with van der Waals surface area (Å²) in [6, 6.07) is 5.47. The van der Waals surface area contributed by atoms with Crippen LogP contribution in [0.15, 0.2) is 29.0 Å². The molecule has 0 bridgehead atoms. The number of benzene rings is 1. The molecule has 2 aromatic rings. The van der Waals surface area contributed by atoms with Crippen molar-refractivity contribution < 1.29 is 0 Å². The molecule has 6 N–H and O–H groups in total. The third-order valence-corrected chi connectivity index (χ3v) is 2.85. The molecule has 1 aromatic carbocycles. The first-order chi connectivity index (χ1) is 6.70. The molecule has 0 atom stereocenters. The van der Waals surface area contributed by atoms with Crippen molar-refractivity contribution in [2.24, 2.45) is 0 Å². The number of nitrogen functional groups attached to an aromatic ring is 3. The molecule has 0 radical (unpaired) electrons. The van der Waals surface area contributed by atoms with E-state index < -0.39 is 0 Å². The van der Waals surface area contributed by atoms with Gasteiger partial charge in [0, 0.05) is 33.3 Å². The summed E-state index contributed by atoms with van der Waals surface area (Å²) in [7, 11) is 0. The van der Waals surface area contributed by atoms with E-state index in [2.05, 4.69) is 0 Å². The third kappa shape index (κ3) is 1.29. The zero-order valence-corrected chi connectivity index (χ0v) is 8.34. The van der Waals surface area contributed by atoms with Crippen LogP contribution >= 0.6 is 11.3 Å². The van der Waals surface area contributed by atoms with Crippen molar-refractivity contribution >= 4 is 28.4 Å². The largest absolute Gasteiger partial charge is 0.398 e. The van der Waals surface area contributed by atoms with Gasteiger partial charge in [0.15, 0.2) is 0 Å². The molecule has 1 aromatic heterocycles. The summed E-state index contributed by atoms with van der Waals surface area (Å²) in [5.74, 6) is 0. The van der Waals surface area contributed by atoms with Crippen molar-refractivity contribution in [2.75, 3.05) is 17.2 Å². The van der Waals surface area contributed by atoms with Gasteiger partial charge in [0.25, 0.3) is 0 Å². The molecule has 3 nitrogen and oxygen atoms in total. The zero-order chi connectivity index (χ0) is 10.1. The van der Waals surface area contributed by atoms with Crippen LogP contribution in [0.25, 0.3) is 11.1 Å². The van der Waals surface area contributed by atoms with Gasteiger partial charge in [-0.3, -0.25) is 0 Å². The van der Waals surface area contributed by atoms with Gasteiger partial charge in [-0.2, -0.15) is 0 Å². The van der Waals surface area contributed by atoms with Gasteiger partial charge >= 0.3 is 0 Å². The Morgan fingerprint density at radius 1 is 0.857 bits per heavy atom. The lowest BCUT2D eigenvalue weighted by Gasteiger charge is -2.08. The smallest absolute Gasteiger partial charge is 0.0504 e. The van der Waals surface area contributed by atoms with Crippen molar-refractivity contribution in [3.05, 3.63) is 29.0 Å². The molecule has 0 spiro atoms. The minimum Gasteiger partial charge on any atom is -0.398 e. The fraction of sp³-hybridized carbons (Fsp3) is 0. The standard InChI is InChI=1S/C10H11N3S/c11-7-2-1-3-8(12)10(7)6-4-14-5-9(6)13/h1-5H,11-13H2. The lowest BCUT2D eigenvalue weighted by molar-refractivity contribution is 1.64. The molecule has 0 fully saturated rings. The maximum Gasteiger partial charge on any atom is 0.0504 e. The summed E-state index contributed by atoms with van der Waals surface area (Å²) in [5.41, 5.74) is 21.3. The lowest BCUT2D eigenvalue weighted by atomic mass is 10.0. The first-order valence-corrected chi connectivity index (χ1v) is 5.10. The van der Waals surface area contributed by atoms with E-state index in [1.165, 1.54) is 0 Å². The second-order valence-electron chi connectivity index (χ2n) is 3.05. The highest BCUT2D eigenvalue weighted by molar-refractivity contribution is 7.08. The molecule has 72 valence electrons. The van der Waals surface area contributed by atoms with E-state index in [4.69, 9.17) is 17.2 Å². The van der Waals surface area contributed by atoms with Crippen LogP contribution in [0.4, 0.5) is 17.1 Å². The summed E-state index contributed by atoms with van der Waals surface area (Å²) in [6.45, 7) is 0. The van der Waals surface area contributed by atoms with Crippen molar-refractivity contribution in [3.63, 3.8) is 0 Å². The van der Waals surface area contributed by atoms with Gasteiger partial charge in [-0.05, 0) is 12.1 Å². The molecule has 0 saturated carbocycles. The van der Waals surface area contributed by atoms with Gasteiger partial charge in [0.2, 0.25) is 0 Å². The molecule has 0 aliphatic rings. The maximum absolute atomic E-state index is 5.85. The summed E-state index contributed by atoms with van der Waals surface area (Å²) < 4.78 is 0. The normalized spacial score (nSPS) is 10.3. The minimum atomic E-state index is 0.662. The topological polar surface area (TPSA) is 78.1 Å². The summed E-state index contributed by atoms with van der Waals surface area (Å²) in [6.07, 6.45) is 0. The fourth-order valence-electron chi connectivity index (χ4n) is 1.41. The Bertz CT molecular complexity index is 442. The highest BCUT2D eigenvalue weighted by Gasteiger charge is 2.09. The van der Waals surface area contributed by atoms with E-state index >= 15 is 0 Å². The Morgan fingerprint density at radius 3 is 2.00 bits per heavy atom. The van der Waals surface area contributed by atoms with Crippen LogP contribution in [0.5, 0.6) is 0 Å². The van der Waals surface area contributed by atoms with E-state index in [-0.39, 0.29) is 0 Å². The number of thiophene rings is 1. The number of hydrogen-bond acceptors (Lipinski definition) is 4. The molecular weight excluding hydrogens is 194 g/mol. The first-order valence-electron chi connectivity index (χ1n) is 4.16. The Labute approximate surface area is 86.1 Å². The molecule has 14 heavy (non-hydrogen) atoms. The van der Waals surface area contributed by atoms with Crippen LogP contribution in [0, 0.1) is 0 Å². The lowest BCUT2D eigenvalue weighted by Crippen LogP contribution is -1.96. The fourth-order valence-corrected chi connectivity index (χ4v) is 2.14. The summed E-state index contributed by atoms with van der Waals surface area (Å²) >= 11 is 1.54. The second-order valence-corrected chi connectivity index (χ2v) is 3.80.